The molecule has 4 N–H and O–H groups in total. The maximum Gasteiger partial charge on any atom is 0.303 e. The van der Waals surface area contributed by atoms with E-state index in [0.29, 0.717) is 17.8 Å². The Morgan fingerprint density at radius 2 is 1.72 bits per heavy atom. The van der Waals surface area contributed by atoms with Crippen LogP contribution in [0.3, 0.4) is 0 Å². The van der Waals surface area contributed by atoms with E-state index in [1.165, 1.54) is 17.7 Å². The van der Waals surface area contributed by atoms with Crippen LogP contribution in [-0.4, -0.2) is 43.9 Å². The smallest absolute Gasteiger partial charge is 0.303 e. The molecule has 0 atom stereocenters. The number of ether oxygens (including phenoxy) is 1. The third-order valence-electron chi connectivity index (χ3n) is 8.06. The normalized spacial score (nSPS) is 11.1. The van der Waals surface area contributed by atoms with E-state index in [1.807, 2.05) is 54.6 Å². The summed E-state index contributed by atoms with van der Waals surface area (Å²) in [5, 5.41) is 11.6. The van der Waals surface area contributed by atoms with Gasteiger partial charge in [-0.15, -0.1) is 0 Å². The molecule has 2 amide bonds. The van der Waals surface area contributed by atoms with Gasteiger partial charge < -0.3 is 30.1 Å². The molecular formula is C37H31N7O6. The van der Waals surface area contributed by atoms with Gasteiger partial charge in [0.2, 0.25) is 5.91 Å². The summed E-state index contributed by atoms with van der Waals surface area (Å²) in [6.07, 6.45) is 4.87. The van der Waals surface area contributed by atoms with Crippen molar-refractivity contribution in [3.63, 3.8) is 0 Å². The SMILES string of the molecule is CC(=O)OCC(=O)Nc1ccc(-c2ncc(NCc3ccc4oc5ccccc5c4c3)c(=O)n2CC(=O)NCc2cc3cnccc3[nH]2)cc1. The Kier molecular flexibility index (Phi) is 8.76. The number of pyridine rings is 1. The van der Waals surface area contributed by atoms with E-state index in [2.05, 4.69) is 30.9 Å². The molecule has 3 aromatic carbocycles. The first-order valence-corrected chi connectivity index (χ1v) is 15.8. The summed E-state index contributed by atoms with van der Waals surface area (Å²) in [5.41, 5.74) is 4.96. The van der Waals surface area contributed by atoms with Crippen molar-refractivity contribution in [3.05, 3.63) is 119 Å². The maximum absolute atomic E-state index is 14.0. The summed E-state index contributed by atoms with van der Waals surface area (Å²) in [4.78, 5) is 62.3. The van der Waals surface area contributed by atoms with Crippen LogP contribution in [0.25, 0.3) is 44.2 Å². The molecule has 50 heavy (non-hydrogen) atoms. The van der Waals surface area contributed by atoms with E-state index in [0.717, 1.165) is 44.1 Å². The molecule has 0 aliphatic rings. The second kappa shape index (κ2) is 13.8. The van der Waals surface area contributed by atoms with Crippen molar-refractivity contribution in [2.45, 2.75) is 26.6 Å². The van der Waals surface area contributed by atoms with Crippen molar-refractivity contribution in [2.24, 2.45) is 0 Å². The fraction of sp³-hybridized carbons (Fsp3) is 0.135. The van der Waals surface area contributed by atoms with Gasteiger partial charge in [-0.25, -0.2) is 4.98 Å². The zero-order chi connectivity index (χ0) is 34.6. The quantitative estimate of drug-likeness (QED) is 0.136. The van der Waals surface area contributed by atoms with Crippen LogP contribution in [0, 0.1) is 0 Å². The predicted molar refractivity (Wildman–Crippen MR) is 188 cm³/mol. The number of nitrogens with zero attached hydrogens (tertiary/aromatic N) is 3. The Bertz CT molecular complexity index is 2410. The minimum absolute atomic E-state index is 0.218. The zero-order valence-corrected chi connectivity index (χ0v) is 26.9. The molecule has 0 saturated heterocycles. The number of para-hydroxylation sites is 1. The topological polar surface area (TPSA) is 173 Å². The molecule has 4 heterocycles. The van der Waals surface area contributed by atoms with Crippen LogP contribution in [0.15, 0.2) is 107 Å². The first-order chi connectivity index (χ1) is 24.3. The molecule has 0 aliphatic carbocycles. The first kappa shape index (κ1) is 31.8. The highest BCUT2D eigenvalue weighted by Crippen LogP contribution is 2.29. The molecule has 0 saturated carbocycles. The molecule has 0 aliphatic heterocycles. The van der Waals surface area contributed by atoms with Crippen molar-refractivity contribution < 1.29 is 23.5 Å². The number of aromatic nitrogens is 4. The molecule has 13 nitrogen and oxygen atoms in total. The van der Waals surface area contributed by atoms with Crippen LogP contribution in [0.4, 0.5) is 11.4 Å². The van der Waals surface area contributed by atoms with E-state index in [9.17, 15) is 19.2 Å². The Hall–Kier alpha value is -6.76. The highest BCUT2D eigenvalue weighted by atomic mass is 16.5. The molecule has 7 rings (SSSR count). The number of anilines is 2. The van der Waals surface area contributed by atoms with Gasteiger partial charge >= 0.3 is 5.97 Å². The van der Waals surface area contributed by atoms with E-state index < -0.39 is 29.9 Å². The Morgan fingerprint density at radius 1 is 0.900 bits per heavy atom. The van der Waals surface area contributed by atoms with Gasteiger partial charge in [0.1, 0.15) is 29.2 Å². The molecule has 0 bridgehead atoms. The van der Waals surface area contributed by atoms with E-state index in [4.69, 9.17) is 9.15 Å². The maximum atomic E-state index is 14.0. The average Bonchev–Trinajstić information content (AvgIpc) is 3.71. The van der Waals surface area contributed by atoms with Gasteiger partial charge in [-0.3, -0.25) is 28.7 Å². The second-order valence-corrected chi connectivity index (χ2v) is 11.6. The second-order valence-electron chi connectivity index (χ2n) is 11.6. The van der Waals surface area contributed by atoms with Gasteiger partial charge in [-0.05, 0) is 60.2 Å². The number of hydrogen-bond acceptors (Lipinski definition) is 9. The lowest BCUT2D eigenvalue weighted by molar-refractivity contribution is -0.144. The Balaban J connectivity index is 1.13. The number of benzene rings is 3. The summed E-state index contributed by atoms with van der Waals surface area (Å²) < 4.78 is 12.0. The third kappa shape index (κ3) is 6.92. The van der Waals surface area contributed by atoms with Crippen molar-refractivity contribution in [3.8, 4) is 11.4 Å². The fourth-order valence-electron chi connectivity index (χ4n) is 5.66. The number of aromatic amines is 1. The third-order valence-corrected chi connectivity index (χ3v) is 8.06. The molecule has 4 aromatic heterocycles. The largest absolute Gasteiger partial charge is 0.456 e. The van der Waals surface area contributed by atoms with Crippen LogP contribution in [-0.2, 0) is 38.8 Å². The van der Waals surface area contributed by atoms with Crippen LogP contribution < -0.4 is 21.5 Å². The standard InChI is InChI=1S/C37H31N7O6/c1-22(45)49-21-35(47)43-26-9-7-24(8-10-26)36-41-19-31(39-16-23-6-11-33-29(14-23)28-4-2-3-5-32(28)50-33)37(48)44(36)20-34(46)40-18-27-15-25-17-38-13-12-30(25)42-27/h2-15,17,19,39,42H,16,18,20-21H2,1H3,(H,40,46)(H,43,47). The van der Waals surface area contributed by atoms with E-state index in [1.54, 1.807) is 36.7 Å². The summed E-state index contributed by atoms with van der Waals surface area (Å²) in [6, 6.07) is 24.0. The number of carbonyl (C=O) groups is 3. The highest BCUT2D eigenvalue weighted by Gasteiger charge is 2.17. The van der Waals surface area contributed by atoms with Gasteiger partial charge in [0.15, 0.2) is 6.61 Å². The van der Waals surface area contributed by atoms with Crippen molar-refractivity contribution in [2.75, 3.05) is 17.2 Å². The number of amides is 2. The number of carbonyl (C=O) groups excluding carboxylic acids is 3. The van der Waals surface area contributed by atoms with Gasteiger partial charge in [-0.2, -0.15) is 0 Å². The van der Waals surface area contributed by atoms with Crippen molar-refractivity contribution in [1.82, 2.24) is 24.8 Å². The van der Waals surface area contributed by atoms with Gasteiger partial charge in [0.05, 0.1) is 12.7 Å². The zero-order valence-electron chi connectivity index (χ0n) is 26.9. The first-order valence-electron chi connectivity index (χ1n) is 15.8. The number of nitrogens with one attached hydrogen (secondary N) is 4. The minimum atomic E-state index is -0.562. The van der Waals surface area contributed by atoms with E-state index in [-0.39, 0.29) is 24.6 Å². The lowest BCUT2D eigenvalue weighted by atomic mass is 10.1. The van der Waals surface area contributed by atoms with Crippen LogP contribution in [0.2, 0.25) is 0 Å². The lowest BCUT2D eigenvalue weighted by Gasteiger charge is -2.15. The minimum Gasteiger partial charge on any atom is -0.456 e. The van der Waals surface area contributed by atoms with Crippen molar-refractivity contribution in [1.29, 1.82) is 0 Å². The molecular weight excluding hydrogens is 638 g/mol. The average molecular weight is 670 g/mol. The van der Waals surface area contributed by atoms with Gasteiger partial charge in [0, 0.05) is 64.5 Å². The monoisotopic (exact) mass is 669 g/mol. The molecule has 0 unspecified atom stereocenters. The van der Waals surface area contributed by atoms with Crippen LogP contribution >= 0.6 is 0 Å². The highest BCUT2D eigenvalue weighted by molar-refractivity contribution is 6.05. The van der Waals surface area contributed by atoms with Gasteiger partial charge in [0.25, 0.3) is 11.5 Å². The number of rotatable bonds is 11. The van der Waals surface area contributed by atoms with Crippen molar-refractivity contribution >= 4 is 62.0 Å². The molecule has 7 aromatic rings. The number of fused-ring (bicyclic) bond motifs is 4. The number of H-pyrrole nitrogens is 1. The fourth-order valence-corrected chi connectivity index (χ4v) is 5.66. The molecule has 0 radical (unpaired) electrons. The molecule has 250 valence electrons. The summed E-state index contributed by atoms with van der Waals surface area (Å²) >= 11 is 0. The summed E-state index contributed by atoms with van der Waals surface area (Å²) in [5.74, 6) is -1.19. The Labute approximate surface area is 284 Å². The number of esters is 1. The molecule has 13 heteroatoms. The van der Waals surface area contributed by atoms with E-state index >= 15 is 0 Å². The molecule has 0 spiro atoms. The lowest BCUT2D eigenvalue weighted by Crippen LogP contribution is -2.34. The van der Waals surface area contributed by atoms with Gasteiger partial charge in [-0.1, -0.05) is 24.3 Å². The number of furan rings is 1. The molecule has 0 fully saturated rings. The predicted octanol–water partition coefficient (Wildman–Crippen LogP) is 5.12. The number of hydrogen-bond donors (Lipinski definition) is 4. The summed E-state index contributed by atoms with van der Waals surface area (Å²) in [6.45, 7) is 1.05. The summed E-state index contributed by atoms with van der Waals surface area (Å²) in [7, 11) is 0. The Morgan fingerprint density at radius 3 is 2.54 bits per heavy atom. The van der Waals surface area contributed by atoms with Crippen LogP contribution in [0.1, 0.15) is 18.2 Å². The van der Waals surface area contributed by atoms with Crippen LogP contribution in [0.5, 0.6) is 0 Å².